The second-order valence-electron chi connectivity index (χ2n) is 4.75. The first kappa shape index (κ1) is 16.7. The summed E-state index contributed by atoms with van der Waals surface area (Å²) < 4.78 is 27.1. The van der Waals surface area contributed by atoms with Crippen LogP contribution in [0.25, 0.3) is 0 Å². The average Bonchev–Trinajstić information content (AvgIpc) is 2.36. The topological polar surface area (TPSA) is 66.4 Å². The number of hydrogen-bond donors (Lipinski definition) is 2. The average molecular weight is 295 g/mol. The number of rotatable bonds is 5. The van der Waals surface area contributed by atoms with Crippen molar-refractivity contribution < 1.29 is 13.5 Å². The minimum absolute atomic E-state index is 0.0841. The molecule has 20 heavy (non-hydrogen) atoms. The first-order valence-corrected chi connectivity index (χ1v) is 8.11. The number of benzene rings is 1. The van der Waals surface area contributed by atoms with Crippen LogP contribution < -0.4 is 4.72 Å². The first-order valence-electron chi connectivity index (χ1n) is 6.63. The van der Waals surface area contributed by atoms with E-state index in [4.69, 9.17) is 5.11 Å². The lowest BCUT2D eigenvalue weighted by Gasteiger charge is -2.13. The van der Waals surface area contributed by atoms with Gasteiger partial charge in [0, 0.05) is 11.6 Å². The number of aliphatic hydroxyl groups is 1. The highest BCUT2D eigenvalue weighted by atomic mass is 32.2. The van der Waals surface area contributed by atoms with Crippen LogP contribution in [-0.2, 0) is 10.0 Å². The van der Waals surface area contributed by atoms with Gasteiger partial charge in [0.2, 0.25) is 10.0 Å². The molecule has 0 heterocycles. The molecule has 1 atom stereocenters. The van der Waals surface area contributed by atoms with Crippen LogP contribution in [-0.4, -0.2) is 26.2 Å². The third-order valence-corrected chi connectivity index (χ3v) is 4.48. The molecule has 0 aromatic heterocycles. The fourth-order valence-corrected chi connectivity index (χ4v) is 3.27. The summed E-state index contributed by atoms with van der Waals surface area (Å²) in [6, 6.07) is 4.72. The Balaban J connectivity index is 3.00. The Hall–Kier alpha value is -1.35. The van der Waals surface area contributed by atoms with E-state index in [1.165, 1.54) is 6.07 Å². The molecule has 2 N–H and O–H groups in total. The summed E-state index contributed by atoms with van der Waals surface area (Å²) in [4.78, 5) is 0.243. The van der Waals surface area contributed by atoms with Crippen molar-refractivity contribution in [3.63, 3.8) is 0 Å². The van der Waals surface area contributed by atoms with Crippen molar-refractivity contribution in [3.05, 3.63) is 29.3 Å². The summed E-state index contributed by atoms with van der Waals surface area (Å²) in [6.45, 7) is 5.46. The van der Waals surface area contributed by atoms with Crippen molar-refractivity contribution in [2.75, 3.05) is 6.61 Å². The summed E-state index contributed by atoms with van der Waals surface area (Å²) >= 11 is 0. The first-order chi connectivity index (χ1) is 9.40. The number of hydrogen-bond acceptors (Lipinski definition) is 3. The van der Waals surface area contributed by atoms with E-state index in [0.29, 0.717) is 0 Å². The van der Waals surface area contributed by atoms with Crippen LogP contribution >= 0.6 is 0 Å². The molecule has 4 nitrogen and oxygen atoms in total. The highest BCUT2D eigenvalue weighted by Crippen LogP contribution is 2.15. The maximum absolute atomic E-state index is 12.2. The summed E-state index contributed by atoms with van der Waals surface area (Å²) in [5, 5.41) is 8.67. The van der Waals surface area contributed by atoms with Crippen LogP contribution in [0.4, 0.5) is 0 Å². The number of aliphatic hydroxyl groups excluding tert-OH is 1. The van der Waals surface area contributed by atoms with Gasteiger partial charge in [-0.15, -0.1) is 0 Å². The van der Waals surface area contributed by atoms with Crippen molar-refractivity contribution in [3.8, 4) is 11.8 Å². The Bertz CT molecular complexity index is 612. The van der Waals surface area contributed by atoms with Crippen molar-refractivity contribution in [2.24, 2.45) is 0 Å². The quantitative estimate of drug-likeness (QED) is 0.814. The maximum atomic E-state index is 12.2. The molecule has 110 valence electrons. The minimum Gasteiger partial charge on any atom is -0.384 e. The molecule has 0 aliphatic heterocycles. The van der Waals surface area contributed by atoms with Gasteiger partial charge in [-0.1, -0.05) is 25.2 Å². The highest BCUT2D eigenvalue weighted by Gasteiger charge is 2.17. The Morgan fingerprint density at radius 1 is 1.40 bits per heavy atom. The predicted octanol–water partition coefficient (Wildman–Crippen LogP) is 1.81. The van der Waals surface area contributed by atoms with Crippen LogP contribution in [0, 0.1) is 18.8 Å². The molecule has 0 aliphatic rings. The second-order valence-corrected chi connectivity index (χ2v) is 6.46. The largest absolute Gasteiger partial charge is 0.384 e. The zero-order valence-corrected chi connectivity index (χ0v) is 12.9. The molecule has 5 heteroatoms. The monoisotopic (exact) mass is 295 g/mol. The van der Waals surface area contributed by atoms with E-state index in [9.17, 15) is 8.42 Å². The van der Waals surface area contributed by atoms with Gasteiger partial charge in [0.25, 0.3) is 0 Å². The van der Waals surface area contributed by atoms with Crippen LogP contribution in [0.3, 0.4) is 0 Å². The summed E-state index contributed by atoms with van der Waals surface area (Å²) in [7, 11) is -3.49. The summed E-state index contributed by atoms with van der Waals surface area (Å²) in [5.41, 5.74) is 1.50. The van der Waals surface area contributed by atoms with Gasteiger partial charge in [-0.3, -0.25) is 0 Å². The molecule has 1 rings (SSSR count). The van der Waals surface area contributed by atoms with E-state index in [1.54, 1.807) is 19.1 Å². The molecule has 0 saturated heterocycles. The zero-order chi connectivity index (χ0) is 15.2. The summed E-state index contributed by atoms with van der Waals surface area (Å²) in [5.74, 6) is 5.34. The maximum Gasteiger partial charge on any atom is 0.240 e. The molecule has 1 aromatic carbocycles. The van der Waals surface area contributed by atoms with Gasteiger partial charge in [-0.05, 0) is 44.0 Å². The molecular weight excluding hydrogens is 274 g/mol. The molecule has 0 saturated carbocycles. The molecule has 0 amide bonds. The standard InChI is InChI=1S/C15H21NO3S/c1-4-6-13(3)16-20(18,19)15-9-8-14(7-5-10-17)12(2)11-15/h8-9,11,13,16-17H,4,6,10H2,1-3H3. The van der Waals surface area contributed by atoms with E-state index < -0.39 is 10.0 Å². The van der Waals surface area contributed by atoms with Crippen LogP contribution in [0.2, 0.25) is 0 Å². The molecular formula is C15H21NO3S. The van der Waals surface area contributed by atoms with Crippen molar-refractivity contribution in [2.45, 2.75) is 44.6 Å². The lowest BCUT2D eigenvalue weighted by atomic mass is 10.1. The zero-order valence-electron chi connectivity index (χ0n) is 12.1. The predicted molar refractivity (Wildman–Crippen MR) is 79.8 cm³/mol. The lowest BCUT2D eigenvalue weighted by Crippen LogP contribution is -2.32. The van der Waals surface area contributed by atoms with Crippen molar-refractivity contribution >= 4 is 10.0 Å². The SMILES string of the molecule is CCCC(C)NS(=O)(=O)c1ccc(C#CCO)c(C)c1. The normalized spacial score (nSPS) is 12.6. The molecule has 0 bridgehead atoms. The summed E-state index contributed by atoms with van der Waals surface area (Å²) in [6.07, 6.45) is 1.73. The van der Waals surface area contributed by atoms with Crippen molar-refractivity contribution in [1.82, 2.24) is 4.72 Å². The van der Waals surface area contributed by atoms with E-state index in [2.05, 4.69) is 16.6 Å². The van der Waals surface area contributed by atoms with Gasteiger partial charge >= 0.3 is 0 Å². The Morgan fingerprint density at radius 3 is 2.65 bits per heavy atom. The fourth-order valence-electron chi connectivity index (χ4n) is 1.90. The van der Waals surface area contributed by atoms with Crippen LogP contribution in [0.5, 0.6) is 0 Å². The third kappa shape index (κ3) is 4.64. The van der Waals surface area contributed by atoms with Crippen LogP contribution in [0.15, 0.2) is 23.1 Å². The van der Waals surface area contributed by atoms with Gasteiger partial charge < -0.3 is 5.11 Å². The number of sulfonamides is 1. The molecule has 0 aliphatic carbocycles. The van der Waals surface area contributed by atoms with E-state index in [1.807, 2.05) is 13.8 Å². The highest BCUT2D eigenvalue weighted by molar-refractivity contribution is 7.89. The van der Waals surface area contributed by atoms with E-state index >= 15 is 0 Å². The lowest BCUT2D eigenvalue weighted by molar-refractivity contribution is 0.350. The second kappa shape index (κ2) is 7.44. The van der Waals surface area contributed by atoms with E-state index in [-0.39, 0.29) is 17.5 Å². The van der Waals surface area contributed by atoms with Gasteiger partial charge in [-0.2, -0.15) is 0 Å². The van der Waals surface area contributed by atoms with Crippen molar-refractivity contribution in [1.29, 1.82) is 0 Å². The fraction of sp³-hybridized carbons (Fsp3) is 0.467. The molecule has 0 spiro atoms. The minimum atomic E-state index is -3.49. The van der Waals surface area contributed by atoms with Gasteiger partial charge in [-0.25, -0.2) is 13.1 Å². The van der Waals surface area contributed by atoms with Gasteiger partial charge in [0.1, 0.15) is 6.61 Å². The van der Waals surface area contributed by atoms with Gasteiger partial charge in [0.05, 0.1) is 4.90 Å². The smallest absolute Gasteiger partial charge is 0.240 e. The van der Waals surface area contributed by atoms with Crippen LogP contribution in [0.1, 0.15) is 37.8 Å². The number of nitrogens with one attached hydrogen (secondary N) is 1. The molecule has 0 fully saturated rings. The molecule has 1 unspecified atom stereocenters. The Labute approximate surface area is 121 Å². The Kier molecular flexibility index (Phi) is 6.21. The van der Waals surface area contributed by atoms with Gasteiger partial charge in [0.15, 0.2) is 0 Å². The molecule has 1 aromatic rings. The number of aryl methyl sites for hydroxylation is 1. The Morgan fingerprint density at radius 2 is 2.10 bits per heavy atom. The third-order valence-electron chi connectivity index (χ3n) is 2.89. The molecule has 0 radical (unpaired) electrons. The van der Waals surface area contributed by atoms with E-state index in [0.717, 1.165) is 24.0 Å².